The summed E-state index contributed by atoms with van der Waals surface area (Å²) in [5.74, 6) is 0. The maximum absolute atomic E-state index is 5.52. The number of rotatable bonds is 2. The fraction of sp³-hybridized carbons (Fsp3) is 1.00. The van der Waals surface area contributed by atoms with E-state index in [0.717, 1.165) is 11.0 Å². The molecule has 1 atom stereocenters. The molecule has 0 amide bonds. The molecule has 2 N–H and O–H groups in total. The van der Waals surface area contributed by atoms with Gasteiger partial charge in [0.15, 0.2) is 0 Å². The minimum atomic E-state index is -0.213. The van der Waals surface area contributed by atoms with Gasteiger partial charge < -0.3 is 10.2 Å². The van der Waals surface area contributed by atoms with Gasteiger partial charge in [-0.1, -0.05) is 11.6 Å². The monoisotopic (exact) mass is 173 g/mol. The standard InChI is InChI=1S/C5H14ClN2.ClH/c1-8(2,3)4-5(6)7;/h5H,4,7H2,1-3H3;1H/q+1;. The largest absolute Gasteiger partial charge is 0.329 e. The van der Waals surface area contributed by atoms with E-state index in [0.29, 0.717) is 0 Å². The van der Waals surface area contributed by atoms with Gasteiger partial charge in [-0.15, -0.1) is 12.4 Å². The van der Waals surface area contributed by atoms with Crippen LogP contribution in [0.5, 0.6) is 0 Å². The lowest BCUT2D eigenvalue weighted by molar-refractivity contribution is -0.869. The van der Waals surface area contributed by atoms with Crippen LogP contribution >= 0.6 is 24.0 Å². The van der Waals surface area contributed by atoms with Crippen LogP contribution in [0.2, 0.25) is 0 Å². The number of likely N-dealkylation sites (N-methyl/N-ethyl adjacent to an activating group) is 1. The lowest BCUT2D eigenvalue weighted by Gasteiger charge is -2.24. The van der Waals surface area contributed by atoms with Gasteiger partial charge in [0.25, 0.3) is 0 Å². The molecular formula is C5H15Cl2N2+. The molecule has 58 valence electrons. The van der Waals surface area contributed by atoms with E-state index < -0.39 is 0 Å². The van der Waals surface area contributed by atoms with Crippen LogP contribution < -0.4 is 5.73 Å². The van der Waals surface area contributed by atoms with Gasteiger partial charge in [-0.25, -0.2) is 0 Å². The van der Waals surface area contributed by atoms with Crippen LogP contribution in [0.4, 0.5) is 0 Å². The Morgan fingerprint density at radius 2 is 1.78 bits per heavy atom. The first kappa shape index (κ1) is 12.2. The maximum atomic E-state index is 5.52. The van der Waals surface area contributed by atoms with Crippen molar-refractivity contribution < 1.29 is 4.48 Å². The Balaban J connectivity index is 0. The highest BCUT2D eigenvalue weighted by Gasteiger charge is 2.10. The van der Waals surface area contributed by atoms with E-state index in [1.807, 2.05) is 0 Å². The van der Waals surface area contributed by atoms with Crippen molar-refractivity contribution in [3.05, 3.63) is 0 Å². The van der Waals surface area contributed by atoms with Gasteiger partial charge in [-0.2, -0.15) is 0 Å². The second kappa shape index (κ2) is 4.34. The molecule has 0 fully saturated rings. The summed E-state index contributed by atoms with van der Waals surface area (Å²) >= 11 is 5.52. The molecule has 1 unspecified atom stereocenters. The van der Waals surface area contributed by atoms with Crippen molar-refractivity contribution in [1.82, 2.24) is 0 Å². The van der Waals surface area contributed by atoms with Crippen LogP contribution in [0.25, 0.3) is 0 Å². The van der Waals surface area contributed by atoms with E-state index in [1.165, 1.54) is 0 Å². The van der Waals surface area contributed by atoms with Crippen molar-refractivity contribution in [2.45, 2.75) is 5.50 Å². The zero-order chi connectivity index (χ0) is 6.78. The number of nitrogens with two attached hydrogens (primary N) is 1. The molecule has 0 bridgehead atoms. The van der Waals surface area contributed by atoms with Gasteiger partial charge in [0, 0.05) is 0 Å². The fourth-order valence-corrected chi connectivity index (χ4v) is 0.937. The third-order valence-corrected chi connectivity index (χ3v) is 0.860. The average molecular weight is 174 g/mol. The van der Waals surface area contributed by atoms with Crippen LogP contribution in [0.3, 0.4) is 0 Å². The predicted octanol–water partition coefficient (Wildman–Crippen LogP) is 0.638. The molecule has 0 aliphatic carbocycles. The third kappa shape index (κ3) is 11.9. The molecule has 0 aromatic carbocycles. The SMILES string of the molecule is C[N+](C)(C)CC(N)Cl.Cl. The number of halogens is 2. The first-order valence-corrected chi connectivity index (χ1v) is 3.05. The molecule has 0 radical (unpaired) electrons. The Hall–Kier alpha value is 0.500. The van der Waals surface area contributed by atoms with E-state index in [2.05, 4.69) is 21.1 Å². The first-order chi connectivity index (χ1) is 3.42. The highest BCUT2D eigenvalue weighted by atomic mass is 35.5. The highest BCUT2D eigenvalue weighted by Crippen LogP contribution is 1.94. The number of quaternary nitrogens is 1. The van der Waals surface area contributed by atoms with Crippen LogP contribution in [0.1, 0.15) is 0 Å². The third-order valence-electron chi connectivity index (χ3n) is 0.722. The van der Waals surface area contributed by atoms with Crippen molar-refractivity contribution in [3.8, 4) is 0 Å². The van der Waals surface area contributed by atoms with Gasteiger partial charge in [0.2, 0.25) is 0 Å². The van der Waals surface area contributed by atoms with E-state index >= 15 is 0 Å². The van der Waals surface area contributed by atoms with E-state index in [4.69, 9.17) is 17.3 Å². The molecule has 2 nitrogen and oxygen atoms in total. The lowest BCUT2D eigenvalue weighted by atomic mass is 10.5. The Kier molecular flexibility index (Phi) is 5.88. The van der Waals surface area contributed by atoms with Crippen molar-refractivity contribution >= 4 is 24.0 Å². The zero-order valence-corrected chi connectivity index (χ0v) is 7.67. The quantitative estimate of drug-likeness (QED) is 0.371. The molecule has 0 spiro atoms. The van der Waals surface area contributed by atoms with Gasteiger partial charge >= 0.3 is 0 Å². The molecule has 0 saturated carbocycles. The summed E-state index contributed by atoms with van der Waals surface area (Å²) in [6.45, 7) is 0.807. The summed E-state index contributed by atoms with van der Waals surface area (Å²) in [6.07, 6.45) is 0. The summed E-state index contributed by atoms with van der Waals surface area (Å²) in [7, 11) is 6.17. The zero-order valence-electron chi connectivity index (χ0n) is 6.10. The van der Waals surface area contributed by atoms with Gasteiger partial charge in [0.1, 0.15) is 12.0 Å². The number of alkyl halides is 1. The van der Waals surface area contributed by atoms with Gasteiger partial charge in [-0.05, 0) is 0 Å². The molecule has 0 aromatic heterocycles. The molecule has 0 aromatic rings. The summed E-state index contributed by atoms with van der Waals surface area (Å²) in [6, 6.07) is 0. The van der Waals surface area contributed by atoms with Crippen LogP contribution in [-0.2, 0) is 0 Å². The van der Waals surface area contributed by atoms with E-state index in [-0.39, 0.29) is 17.9 Å². The summed E-state index contributed by atoms with van der Waals surface area (Å²) in [5.41, 5.74) is 5.12. The van der Waals surface area contributed by atoms with Crippen LogP contribution in [-0.4, -0.2) is 37.7 Å². The lowest BCUT2D eigenvalue weighted by Crippen LogP contribution is -2.42. The highest BCUT2D eigenvalue weighted by molar-refractivity contribution is 6.20. The molecule has 0 aliphatic heterocycles. The molecule has 0 rings (SSSR count). The molecule has 0 aliphatic rings. The Labute approximate surface area is 68.0 Å². The minimum absolute atomic E-state index is 0. The van der Waals surface area contributed by atoms with Crippen molar-refractivity contribution in [2.24, 2.45) is 5.73 Å². The Bertz CT molecular complexity index is 67.8. The summed E-state index contributed by atoms with van der Waals surface area (Å²) < 4.78 is 0.824. The van der Waals surface area contributed by atoms with Crippen molar-refractivity contribution in [1.29, 1.82) is 0 Å². The Morgan fingerprint density at radius 1 is 1.44 bits per heavy atom. The topological polar surface area (TPSA) is 26.0 Å². The second-order valence-corrected chi connectivity index (χ2v) is 3.55. The number of hydrogen-bond acceptors (Lipinski definition) is 1. The molecule has 0 saturated heterocycles. The fourth-order valence-electron chi connectivity index (χ4n) is 0.523. The molecular weight excluding hydrogens is 159 g/mol. The first-order valence-electron chi connectivity index (χ1n) is 2.62. The number of hydrogen-bond donors (Lipinski definition) is 1. The molecule has 9 heavy (non-hydrogen) atoms. The second-order valence-electron chi connectivity index (χ2n) is 2.99. The minimum Gasteiger partial charge on any atom is -0.329 e. The maximum Gasteiger partial charge on any atom is 0.130 e. The van der Waals surface area contributed by atoms with Gasteiger partial charge in [0.05, 0.1) is 21.1 Å². The summed E-state index contributed by atoms with van der Waals surface area (Å²) in [5, 5.41) is 0. The van der Waals surface area contributed by atoms with Crippen LogP contribution in [0, 0.1) is 0 Å². The summed E-state index contributed by atoms with van der Waals surface area (Å²) in [4.78, 5) is 0. The van der Waals surface area contributed by atoms with Gasteiger partial charge in [-0.3, -0.25) is 0 Å². The number of nitrogens with zero attached hydrogens (tertiary/aromatic N) is 1. The smallest absolute Gasteiger partial charge is 0.130 e. The molecule has 4 heteroatoms. The van der Waals surface area contributed by atoms with E-state index in [1.54, 1.807) is 0 Å². The normalized spacial score (nSPS) is 14.3. The van der Waals surface area contributed by atoms with E-state index in [9.17, 15) is 0 Å². The average Bonchev–Trinajstić information content (AvgIpc) is 1.21. The predicted molar refractivity (Wildman–Crippen MR) is 44.0 cm³/mol. The van der Waals surface area contributed by atoms with Crippen LogP contribution in [0.15, 0.2) is 0 Å². The Morgan fingerprint density at radius 3 is 1.78 bits per heavy atom. The van der Waals surface area contributed by atoms with Crippen molar-refractivity contribution in [3.63, 3.8) is 0 Å². The molecule has 0 heterocycles. The van der Waals surface area contributed by atoms with Crippen molar-refractivity contribution in [2.75, 3.05) is 27.7 Å².